The van der Waals surface area contributed by atoms with Crippen LogP contribution in [0.3, 0.4) is 0 Å². The first kappa shape index (κ1) is 14.7. The van der Waals surface area contributed by atoms with Gasteiger partial charge in [-0.15, -0.1) is 0 Å². The van der Waals surface area contributed by atoms with Crippen LogP contribution in [0.1, 0.15) is 5.56 Å². The Morgan fingerprint density at radius 3 is 2.47 bits per heavy atom. The van der Waals surface area contributed by atoms with Crippen LogP contribution in [-0.2, 0) is 11.0 Å². The number of guanidine groups is 1. The van der Waals surface area contributed by atoms with Gasteiger partial charge < -0.3 is 16.2 Å². The van der Waals surface area contributed by atoms with Gasteiger partial charge in [0.2, 0.25) is 0 Å². The maximum atomic E-state index is 12.9. The van der Waals surface area contributed by atoms with E-state index < -0.39 is 35.8 Å². The lowest BCUT2D eigenvalue weighted by Crippen LogP contribution is -2.25. The predicted molar refractivity (Wildman–Crippen MR) is 57.7 cm³/mol. The largest absolute Gasteiger partial charge is 0.425 e. The Kier molecular flexibility index (Phi) is 4.30. The van der Waals surface area contributed by atoms with Crippen molar-refractivity contribution in [2.24, 2.45) is 16.5 Å². The van der Waals surface area contributed by atoms with E-state index in [9.17, 15) is 22.4 Å². The fourth-order valence-corrected chi connectivity index (χ4v) is 1.10. The number of carbonyl (C=O) groups is 1. The highest BCUT2D eigenvalue weighted by molar-refractivity contribution is 5.81. The van der Waals surface area contributed by atoms with Crippen LogP contribution in [0.15, 0.2) is 23.2 Å². The van der Waals surface area contributed by atoms with Crippen molar-refractivity contribution >= 4 is 11.9 Å². The van der Waals surface area contributed by atoms with Crippen molar-refractivity contribution in [2.75, 3.05) is 6.54 Å². The van der Waals surface area contributed by atoms with Crippen molar-refractivity contribution < 1.29 is 27.1 Å². The van der Waals surface area contributed by atoms with Gasteiger partial charge in [-0.25, -0.2) is 14.2 Å². The highest BCUT2D eigenvalue weighted by Crippen LogP contribution is 2.33. The number of hydrogen-bond donors (Lipinski definition) is 2. The number of esters is 1. The number of ether oxygens (including phenoxy) is 1. The minimum absolute atomic E-state index is 0.368. The molecule has 1 aromatic rings. The zero-order chi connectivity index (χ0) is 14.6. The third-order valence-corrected chi connectivity index (χ3v) is 1.87. The summed E-state index contributed by atoms with van der Waals surface area (Å²) >= 11 is 0. The number of nitrogens with zero attached hydrogens (tertiary/aromatic N) is 1. The molecule has 0 atom stereocenters. The fraction of sp³-hybridized carbons (Fsp3) is 0.200. The monoisotopic (exact) mass is 279 g/mol. The smallest absolute Gasteiger partial charge is 0.419 e. The number of halogens is 4. The van der Waals surface area contributed by atoms with Gasteiger partial charge in [0.25, 0.3) is 0 Å². The lowest BCUT2D eigenvalue weighted by molar-refractivity contribution is -0.140. The zero-order valence-electron chi connectivity index (χ0n) is 9.37. The molecule has 9 heteroatoms. The van der Waals surface area contributed by atoms with Gasteiger partial charge in [0, 0.05) is 0 Å². The number of alkyl halides is 3. The molecule has 0 amide bonds. The van der Waals surface area contributed by atoms with E-state index in [0.29, 0.717) is 12.1 Å². The molecule has 0 aliphatic rings. The minimum Gasteiger partial charge on any atom is -0.425 e. The second-order valence-corrected chi connectivity index (χ2v) is 3.35. The van der Waals surface area contributed by atoms with E-state index in [-0.39, 0.29) is 5.96 Å². The van der Waals surface area contributed by atoms with Gasteiger partial charge in [-0.3, -0.25) is 0 Å². The molecule has 0 unspecified atom stereocenters. The summed E-state index contributed by atoms with van der Waals surface area (Å²) in [4.78, 5) is 14.5. The van der Waals surface area contributed by atoms with E-state index in [1.807, 2.05) is 0 Å². The topological polar surface area (TPSA) is 90.7 Å². The number of benzene rings is 1. The molecular formula is C10H9F4N3O2. The summed E-state index contributed by atoms with van der Waals surface area (Å²) < 4.78 is 54.6. The lowest BCUT2D eigenvalue weighted by Gasteiger charge is -2.09. The molecule has 0 saturated heterocycles. The molecule has 0 heterocycles. The van der Waals surface area contributed by atoms with Crippen LogP contribution in [0.2, 0.25) is 0 Å². The Labute approximate surface area is 104 Å². The molecule has 0 bridgehead atoms. The summed E-state index contributed by atoms with van der Waals surface area (Å²) in [6.07, 6.45) is -4.88. The average Bonchev–Trinajstić information content (AvgIpc) is 2.27. The Bertz CT molecular complexity index is 510. The maximum absolute atomic E-state index is 12.9. The lowest BCUT2D eigenvalue weighted by atomic mass is 10.2. The molecule has 5 nitrogen and oxygen atoms in total. The first-order valence-corrected chi connectivity index (χ1v) is 4.83. The van der Waals surface area contributed by atoms with Crippen LogP contribution in [0.5, 0.6) is 5.75 Å². The summed E-state index contributed by atoms with van der Waals surface area (Å²) in [5.74, 6) is -3.26. The quantitative estimate of drug-likeness (QED) is 0.284. The number of rotatable bonds is 3. The average molecular weight is 279 g/mol. The summed E-state index contributed by atoms with van der Waals surface area (Å²) in [5, 5.41) is 0. The van der Waals surface area contributed by atoms with Gasteiger partial charge in [-0.2, -0.15) is 13.2 Å². The van der Waals surface area contributed by atoms with E-state index in [0.717, 1.165) is 6.07 Å². The fourth-order valence-electron chi connectivity index (χ4n) is 1.10. The number of carbonyl (C=O) groups excluding carboxylic acids is 1. The second kappa shape index (κ2) is 5.55. The highest BCUT2D eigenvalue weighted by atomic mass is 19.4. The SMILES string of the molecule is NC(N)=NCC(=O)Oc1ccc(F)c(C(F)(F)F)c1. The molecule has 0 saturated carbocycles. The van der Waals surface area contributed by atoms with Gasteiger partial charge in [-0.1, -0.05) is 0 Å². The van der Waals surface area contributed by atoms with Crippen LogP contribution < -0.4 is 16.2 Å². The first-order valence-electron chi connectivity index (χ1n) is 4.83. The van der Waals surface area contributed by atoms with Crippen molar-refractivity contribution in [1.29, 1.82) is 0 Å². The van der Waals surface area contributed by atoms with Gasteiger partial charge in [0.05, 0.1) is 5.56 Å². The van der Waals surface area contributed by atoms with E-state index in [2.05, 4.69) is 9.73 Å². The van der Waals surface area contributed by atoms with Crippen LogP contribution in [0, 0.1) is 5.82 Å². The van der Waals surface area contributed by atoms with Crippen molar-refractivity contribution in [2.45, 2.75) is 6.18 Å². The molecule has 0 aromatic heterocycles. The number of aliphatic imine (C=N–C) groups is 1. The molecule has 104 valence electrons. The summed E-state index contributed by atoms with van der Waals surface area (Å²) in [5.41, 5.74) is 8.39. The molecule has 0 aliphatic carbocycles. The Morgan fingerprint density at radius 2 is 1.95 bits per heavy atom. The predicted octanol–water partition coefficient (Wildman–Crippen LogP) is 1.02. The standard InChI is InChI=1S/C10H9F4N3O2/c11-7-2-1-5(3-6(7)10(12,13)14)19-8(18)4-17-9(15)16/h1-3H,4H2,(H4,15,16,17). The first-order chi connectivity index (χ1) is 8.70. The minimum atomic E-state index is -4.88. The van der Waals surface area contributed by atoms with Gasteiger partial charge in [0.15, 0.2) is 5.96 Å². The van der Waals surface area contributed by atoms with Crippen LogP contribution >= 0.6 is 0 Å². The number of nitrogens with two attached hydrogens (primary N) is 2. The molecule has 0 fully saturated rings. The molecule has 0 radical (unpaired) electrons. The molecule has 0 spiro atoms. The van der Waals surface area contributed by atoms with Crippen LogP contribution in [-0.4, -0.2) is 18.5 Å². The Morgan fingerprint density at radius 1 is 1.32 bits per heavy atom. The van der Waals surface area contributed by atoms with Gasteiger partial charge in [-0.05, 0) is 18.2 Å². The molecule has 4 N–H and O–H groups in total. The maximum Gasteiger partial charge on any atom is 0.419 e. The van der Waals surface area contributed by atoms with Crippen LogP contribution in [0.25, 0.3) is 0 Å². The number of hydrogen-bond acceptors (Lipinski definition) is 3. The summed E-state index contributed by atoms with van der Waals surface area (Å²) in [6, 6.07) is 1.81. The second-order valence-electron chi connectivity index (χ2n) is 3.35. The molecular weight excluding hydrogens is 270 g/mol. The van der Waals surface area contributed by atoms with E-state index in [1.165, 1.54) is 0 Å². The van der Waals surface area contributed by atoms with Crippen LogP contribution in [0.4, 0.5) is 17.6 Å². The van der Waals surface area contributed by atoms with Crippen molar-refractivity contribution in [3.8, 4) is 5.75 Å². The van der Waals surface area contributed by atoms with Gasteiger partial charge in [0.1, 0.15) is 18.1 Å². The molecule has 1 aromatic carbocycles. The molecule has 0 aliphatic heterocycles. The molecule has 1 rings (SSSR count). The van der Waals surface area contributed by atoms with Crippen molar-refractivity contribution in [1.82, 2.24) is 0 Å². The van der Waals surface area contributed by atoms with Crippen molar-refractivity contribution in [3.63, 3.8) is 0 Å². The summed E-state index contributed by atoms with van der Waals surface area (Å²) in [6.45, 7) is -0.555. The summed E-state index contributed by atoms with van der Waals surface area (Å²) in [7, 11) is 0. The third-order valence-electron chi connectivity index (χ3n) is 1.87. The van der Waals surface area contributed by atoms with Crippen molar-refractivity contribution in [3.05, 3.63) is 29.6 Å². The van der Waals surface area contributed by atoms with Gasteiger partial charge >= 0.3 is 12.1 Å². The normalized spacial score (nSPS) is 10.9. The zero-order valence-corrected chi connectivity index (χ0v) is 9.37. The van der Waals surface area contributed by atoms with E-state index >= 15 is 0 Å². The third kappa shape index (κ3) is 4.45. The highest BCUT2D eigenvalue weighted by Gasteiger charge is 2.34. The Balaban J connectivity index is 2.86. The van der Waals surface area contributed by atoms with E-state index in [4.69, 9.17) is 11.5 Å². The molecule has 19 heavy (non-hydrogen) atoms. The van der Waals surface area contributed by atoms with E-state index in [1.54, 1.807) is 0 Å². The Hall–Kier alpha value is -2.32.